The molecule has 18 heavy (non-hydrogen) atoms. The fourth-order valence-corrected chi connectivity index (χ4v) is 1.95. The van der Waals surface area contributed by atoms with E-state index in [1.54, 1.807) is 7.11 Å². The number of benzene rings is 1. The second-order valence-electron chi connectivity index (χ2n) is 4.49. The molecule has 1 atom stereocenters. The van der Waals surface area contributed by atoms with Gasteiger partial charge in [0, 0.05) is 12.0 Å². The number of carbonyl (C=O) groups is 1. The third-order valence-electron chi connectivity index (χ3n) is 2.99. The molecule has 0 fully saturated rings. The van der Waals surface area contributed by atoms with Gasteiger partial charge < -0.3 is 10.1 Å². The van der Waals surface area contributed by atoms with E-state index in [4.69, 9.17) is 4.74 Å². The molecule has 0 heterocycles. The molecular weight excluding hydrogens is 226 g/mol. The SMILES string of the molecule is CCCCCC(=O)NC(C)c1ccccc1OC. The molecule has 1 unspecified atom stereocenters. The number of para-hydroxylation sites is 1. The first-order valence-electron chi connectivity index (χ1n) is 6.61. The Kier molecular flexibility index (Phi) is 6.26. The minimum absolute atomic E-state index is 0.0183. The van der Waals surface area contributed by atoms with Gasteiger partial charge in [-0.15, -0.1) is 0 Å². The van der Waals surface area contributed by atoms with E-state index >= 15 is 0 Å². The Hall–Kier alpha value is -1.51. The summed E-state index contributed by atoms with van der Waals surface area (Å²) < 4.78 is 5.30. The average Bonchev–Trinajstić information content (AvgIpc) is 2.39. The van der Waals surface area contributed by atoms with Gasteiger partial charge in [-0.05, 0) is 19.4 Å². The highest BCUT2D eigenvalue weighted by Crippen LogP contribution is 2.24. The van der Waals surface area contributed by atoms with Crippen LogP contribution in [0.4, 0.5) is 0 Å². The van der Waals surface area contributed by atoms with Crippen LogP contribution in [0.2, 0.25) is 0 Å². The average molecular weight is 249 g/mol. The summed E-state index contributed by atoms with van der Waals surface area (Å²) in [5, 5.41) is 3.01. The zero-order valence-corrected chi connectivity index (χ0v) is 11.5. The lowest BCUT2D eigenvalue weighted by molar-refractivity contribution is -0.121. The number of rotatable bonds is 7. The fraction of sp³-hybridized carbons (Fsp3) is 0.533. The molecule has 0 aliphatic heterocycles. The minimum atomic E-state index is -0.0183. The monoisotopic (exact) mass is 249 g/mol. The number of methoxy groups -OCH3 is 1. The second kappa shape index (κ2) is 7.75. The molecule has 0 spiro atoms. The summed E-state index contributed by atoms with van der Waals surface area (Å²) in [4.78, 5) is 11.7. The summed E-state index contributed by atoms with van der Waals surface area (Å²) in [7, 11) is 1.65. The number of hydrogen-bond acceptors (Lipinski definition) is 2. The Morgan fingerprint density at radius 2 is 2.06 bits per heavy atom. The third kappa shape index (κ3) is 4.40. The van der Waals surface area contributed by atoms with Gasteiger partial charge in [0.25, 0.3) is 0 Å². The predicted octanol–water partition coefficient (Wildman–Crippen LogP) is 3.45. The van der Waals surface area contributed by atoms with Gasteiger partial charge >= 0.3 is 0 Å². The molecule has 1 amide bonds. The molecule has 0 aliphatic carbocycles. The summed E-state index contributed by atoms with van der Waals surface area (Å²) in [6.45, 7) is 4.12. The van der Waals surface area contributed by atoms with Gasteiger partial charge in [-0.3, -0.25) is 4.79 Å². The van der Waals surface area contributed by atoms with Crippen molar-refractivity contribution in [1.82, 2.24) is 5.32 Å². The van der Waals surface area contributed by atoms with Gasteiger partial charge in [0.15, 0.2) is 0 Å². The Labute approximate surface area is 110 Å². The topological polar surface area (TPSA) is 38.3 Å². The maximum Gasteiger partial charge on any atom is 0.220 e. The van der Waals surface area contributed by atoms with Crippen LogP contribution in [0, 0.1) is 0 Å². The molecule has 3 nitrogen and oxygen atoms in total. The largest absolute Gasteiger partial charge is 0.496 e. The Bertz CT molecular complexity index is 377. The van der Waals surface area contributed by atoms with E-state index in [2.05, 4.69) is 12.2 Å². The highest BCUT2D eigenvalue weighted by Gasteiger charge is 2.12. The predicted molar refractivity (Wildman–Crippen MR) is 73.7 cm³/mol. The lowest BCUT2D eigenvalue weighted by atomic mass is 10.1. The molecule has 0 radical (unpaired) electrons. The van der Waals surface area contributed by atoms with Crippen molar-refractivity contribution < 1.29 is 9.53 Å². The van der Waals surface area contributed by atoms with Gasteiger partial charge in [0.05, 0.1) is 13.2 Å². The van der Waals surface area contributed by atoms with E-state index in [0.717, 1.165) is 30.6 Å². The molecule has 3 heteroatoms. The molecule has 0 saturated carbocycles. The van der Waals surface area contributed by atoms with Crippen LogP contribution in [-0.2, 0) is 4.79 Å². The van der Waals surface area contributed by atoms with E-state index in [1.165, 1.54) is 0 Å². The molecule has 1 N–H and O–H groups in total. The first-order valence-corrected chi connectivity index (χ1v) is 6.61. The van der Waals surface area contributed by atoms with Crippen molar-refractivity contribution in [2.45, 2.75) is 45.6 Å². The Morgan fingerprint density at radius 1 is 1.33 bits per heavy atom. The Morgan fingerprint density at radius 3 is 2.72 bits per heavy atom. The van der Waals surface area contributed by atoms with E-state index in [-0.39, 0.29) is 11.9 Å². The number of hydrogen-bond donors (Lipinski definition) is 1. The number of unbranched alkanes of at least 4 members (excludes halogenated alkanes) is 2. The first kappa shape index (κ1) is 14.6. The molecule has 1 rings (SSSR count). The second-order valence-corrected chi connectivity index (χ2v) is 4.49. The van der Waals surface area contributed by atoms with Gasteiger partial charge in [-0.2, -0.15) is 0 Å². The zero-order valence-electron chi connectivity index (χ0n) is 11.5. The van der Waals surface area contributed by atoms with Crippen molar-refractivity contribution in [3.63, 3.8) is 0 Å². The highest BCUT2D eigenvalue weighted by molar-refractivity contribution is 5.76. The summed E-state index contributed by atoms with van der Waals surface area (Å²) in [6.07, 6.45) is 3.81. The van der Waals surface area contributed by atoms with Crippen LogP contribution in [0.3, 0.4) is 0 Å². The number of ether oxygens (including phenoxy) is 1. The van der Waals surface area contributed by atoms with Crippen LogP contribution in [-0.4, -0.2) is 13.0 Å². The van der Waals surface area contributed by atoms with Crippen LogP contribution < -0.4 is 10.1 Å². The van der Waals surface area contributed by atoms with Crippen LogP contribution in [0.25, 0.3) is 0 Å². The quantitative estimate of drug-likeness (QED) is 0.752. The first-order chi connectivity index (χ1) is 8.69. The lowest BCUT2D eigenvalue weighted by Crippen LogP contribution is -2.26. The van der Waals surface area contributed by atoms with Crippen LogP contribution in [0.15, 0.2) is 24.3 Å². The number of amides is 1. The van der Waals surface area contributed by atoms with Crippen molar-refractivity contribution in [3.05, 3.63) is 29.8 Å². The normalized spacial score (nSPS) is 11.9. The summed E-state index contributed by atoms with van der Waals surface area (Å²) in [6, 6.07) is 7.76. The molecule has 0 aliphatic rings. The van der Waals surface area contributed by atoms with Crippen molar-refractivity contribution in [3.8, 4) is 5.75 Å². The molecule has 0 saturated heterocycles. The maximum atomic E-state index is 11.7. The van der Waals surface area contributed by atoms with Gasteiger partial charge in [0.1, 0.15) is 5.75 Å². The van der Waals surface area contributed by atoms with Gasteiger partial charge in [0.2, 0.25) is 5.91 Å². The summed E-state index contributed by atoms with van der Waals surface area (Å²) >= 11 is 0. The number of carbonyl (C=O) groups excluding carboxylic acids is 1. The van der Waals surface area contributed by atoms with Crippen LogP contribution in [0.1, 0.15) is 51.1 Å². The molecule has 0 aromatic heterocycles. The summed E-state index contributed by atoms with van der Waals surface area (Å²) in [5.74, 6) is 0.931. The van der Waals surface area contributed by atoms with Crippen molar-refractivity contribution in [1.29, 1.82) is 0 Å². The number of nitrogens with one attached hydrogen (secondary N) is 1. The van der Waals surface area contributed by atoms with Crippen LogP contribution >= 0.6 is 0 Å². The van der Waals surface area contributed by atoms with Crippen molar-refractivity contribution in [2.24, 2.45) is 0 Å². The summed E-state index contributed by atoms with van der Waals surface area (Å²) in [5.41, 5.74) is 1.02. The molecule has 0 bridgehead atoms. The Balaban J connectivity index is 2.53. The van der Waals surface area contributed by atoms with E-state index in [0.29, 0.717) is 6.42 Å². The van der Waals surface area contributed by atoms with E-state index in [9.17, 15) is 4.79 Å². The van der Waals surface area contributed by atoms with Gasteiger partial charge in [-0.25, -0.2) is 0 Å². The molecule has 1 aromatic carbocycles. The standard InChI is InChI=1S/C15H23NO2/c1-4-5-6-11-15(17)16-12(2)13-9-7-8-10-14(13)18-3/h7-10,12H,4-6,11H2,1-3H3,(H,16,17). The molecular formula is C15H23NO2. The minimum Gasteiger partial charge on any atom is -0.496 e. The molecule has 1 aromatic rings. The van der Waals surface area contributed by atoms with Gasteiger partial charge in [-0.1, -0.05) is 38.0 Å². The zero-order chi connectivity index (χ0) is 13.4. The third-order valence-corrected chi connectivity index (χ3v) is 2.99. The highest BCUT2D eigenvalue weighted by atomic mass is 16.5. The van der Waals surface area contributed by atoms with E-state index < -0.39 is 0 Å². The van der Waals surface area contributed by atoms with Crippen LogP contribution in [0.5, 0.6) is 5.75 Å². The van der Waals surface area contributed by atoms with Crippen molar-refractivity contribution >= 4 is 5.91 Å². The molecule has 100 valence electrons. The smallest absolute Gasteiger partial charge is 0.220 e. The fourth-order valence-electron chi connectivity index (χ4n) is 1.95. The maximum absolute atomic E-state index is 11.7. The van der Waals surface area contributed by atoms with E-state index in [1.807, 2.05) is 31.2 Å². The lowest BCUT2D eigenvalue weighted by Gasteiger charge is -2.17. The van der Waals surface area contributed by atoms with Crippen molar-refractivity contribution in [2.75, 3.05) is 7.11 Å².